The second kappa shape index (κ2) is 16.6. The van der Waals surface area contributed by atoms with Crippen molar-refractivity contribution < 1.29 is 0 Å². The molecule has 0 bridgehead atoms. The highest BCUT2D eigenvalue weighted by molar-refractivity contribution is 5.81. The Bertz CT molecular complexity index is 2370. The number of anilines is 6. The Balaban J connectivity index is 1.03. The minimum Gasteiger partial charge on any atom is -0.311 e. The molecule has 260 valence electrons. The molecular weight excluding hydrogens is 653 g/mol. The minimum absolute atomic E-state index is 1.11. The van der Waals surface area contributed by atoms with Crippen LogP contribution in [0.2, 0.25) is 0 Å². The third-order valence-electron chi connectivity index (χ3n) is 9.68. The number of hydrogen-bond donors (Lipinski definition) is 0. The Morgan fingerprint density at radius 1 is 0.315 bits per heavy atom. The fraction of sp³-hybridized carbons (Fsp3) is 0.0385. The molecule has 8 rings (SSSR count). The number of benzene rings is 7. The van der Waals surface area contributed by atoms with Crippen LogP contribution in [0, 0.1) is 0 Å². The average Bonchev–Trinajstić information content (AvgIpc) is 3.25. The van der Waals surface area contributed by atoms with Gasteiger partial charge < -0.3 is 9.80 Å². The lowest BCUT2D eigenvalue weighted by Gasteiger charge is -2.26. The molecule has 0 atom stereocenters. The summed E-state index contributed by atoms with van der Waals surface area (Å²) in [6, 6.07) is 66.8. The van der Waals surface area contributed by atoms with Gasteiger partial charge in [-0.15, -0.1) is 0 Å². The van der Waals surface area contributed by atoms with E-state index in [1.807, 2.05) is 6.07 Å². The Hall–Kier alpha value is -6.90. The summed E-state index contributed by atoms with van der Waals surface area (Å²) in [5.41, 5.74) is 13.8. The van der Waals surface area contributed by atoms with Gasteiger partial charge in [-0.3, -0.25) is 0 Å². The normalized spacial score (nSPS) is 12.6. The molecule has 0 N–H and O–H groups in total. The zero-order chi connectivity index (χ0) is 36.4. The van der Waals surface area contributed by atoms with Crippen molar-refractivity contribution in [3.8, 4) is 11.1 Å². The molecule has 7 aromatic carbocycles. The van der Waals surface area contributed by atoms with E-state index in [1.54, 1.807) is 0 Å². The summed E-state index contributed by atoms with van der Waals surface area (Å²) in [6.45, 7) is 0. The zero-order valence-corrected chi connectivity index (χ0v) is 30.2. The second-order valence-corrected chi connectivity index (χ2v) is 13.4. The molecule has 1 aliphatic rings. The SMILES string of the molecule is C1=CC(/C=C/c2ccc(N(c3ccccc3)c3ccc(-c4ccc(N(c5ccccc5)c5ccc(/C=C/c6ccccc6)cc5)cc4)cc3)cc2)=CCC1. The predicted octanol–water partition coefficient (Wildman–Crippen LogP) is 14.8. The van der Waals surface area contributed by atoms with E-state index in [4.69, 9.17) is 0 Å². The summed E-state index contributed by atoms with van der Waals surface area (Å²) < 4.78 is 0. The summed E-state index contributed by atoms with van der Waals surface area (Å²) in [6.07, 6.45) is 17.7. The van der Waals surface area contributed by atoms with Crippen LogP contribution >= 0.6 is 0 Å². The largest absolute Gasteiger partial charge is 0.311 e. The molecule has 0 heterocycles. The van der Waals surface area contributed by atoms with Gasteiger partial charge in [-0.2, -0.15) is 0 Å². The molecule has 7 aromatic rings. The molecule has 0 aliphatic heterocycles. The first-order chi connectivity index (χ1) is 26.8. The van der Waals surface area contributed by atoms with E-state index in [0.717, 1.165) is 52.5 Å². The number of hydrogen-bond acceptors (Lipinski definition) is 2. The van der Waals surface area contributed by atoms with Crippen LogP contribution in [0.1, 0.15) is 29.5 Å². The van der Waals surface area contributed by atoms with Crippen LogP contribution in [-0.2, 0) is 0 Å². The maximum atomic E-state index is 2.31. The molecule has 0 aromatic heterocycles. The van der Waals surface area contributed by atoms with E-state index < -0.39 is 0 Å². The topological polar surface area (TPSA) is 6.48 Å². The van der Waals surface area contributed by atoms with E-state index >= 15 is 0 Å². The van der Waals surface area contributed by atoms with Gasteiger partial charge >= 0.3 is 0 Å². The van der Waals surface area contributed by atoms with Gasteiger partial charge in [0.05, 0.1) is 0 Å². The number of rotatable bonds is 11. The lowest BCUT2D eigenvalue weighted by molar-refractivity contribution is 1.03. The van der Waals surface area contributed by atoms with Crippen LogP contribution in [-0.4, -0.2) is 0 Å². The average molecular weight is 695 g/mol. The second-order valence-electron chi connectivity index (χ2n) is 13.4. The van der Waals surface area contributed by atoms with Crippen molar-refractivity contribution in [3.05, 3.63) is 235 Å². The molecule has 1 aliphatic carbocycles. The highest BCUT2D eigenvalue weighted by atomic mass is 15.1. The monoisotopic (exact) mass is 694 g/mol. The highest BCUT2D eigenvalue weighted by Crippen LogP contribution is 2.38. The van der Waals surface area contributed by atoms with Gasteiger partial charge in [-0.25, -0.2) is 0 Å². The van der Waals surface area contributed by atoms with Crippen molar-refractivity contribution in [1.82, 2.24) is 0 Å². The zero-order valence-electron chi connectivity index (χ0n) is 30.2. The standard InChI is InChI=1S/C52H42N2/c1-5-13-41(14-6-1)21-23-43-25-33-49(34-26-43)53(47-17-9-3-10-18-47)51-37-29-45(30-38-51)46-31-39-52(40-32-46)54(48-19-11-4-12-20-48)50-35-27-44(28-36-50)24-22-42-15-7-2-8-16-42/h1,3-7,9-40H,2,8H2/b23-21+,24-22+. The van der Waals surface area contributed by atoms with Crippen LogP contribution in [0.5, 0.6) is 0 Å². The quantitative estimate of drug-likeness (QED) is 0.124. The lowest BCUT2D eigenvalue weighted by atomic mass is 10.0. The molecule has 0 saturated heterocycles. The van der Waals surface area contributed by atoms with Crippen LogP contribution in [0.4, 0.5) is 34.1 Å². The number of allylic oxidation sites excluding steroid dienone is 5. The number of para-hydroxylation sites is 2. The third-order valence-corrected chi connectivity index (χ3v) is 9.68. The first-order valence-corrected chi connectivity index (χ1v) is 18.7. The molecule has 0 fully saturated rings. The third kappa shape index (κ3) is 8.25. The Morgan fingerprint density at radius 3 is 1.07 bits per heavy atom. The summed E-state index contributed by atoms with van der Waals surface area (Å²) in [5.74, 6) is 0. The van der Waals surface area contributed by atoms with Crippen molar-refractivity contribution >= 4 is 52.4 Å². The molecule has 2 nitrogen and oxygen atoms in total. The van der Waals surface area contributed by atoms with Gasteiger partial charge in [0.1, 0.15) is 0 Å². The first-order valence-electron chi connectivity index (χ1n) is 18.7. The lowest BCUT2D eigenvalue weighted by Crippen LogP contribution is -2.10. The highest BCUT2D eigenvalue weighted by Gasteiger charge is 2.14. The Morgan fingerprint density at radius 2 is 0.667 bits per heavy atom. The predicted molar refractivity (Wildman–Crippen MR) is 232 cm³/mol. The van der Waals surface area contributed by atoms with Crippen molar-refractivity contribution in [2.45, 2.75) is 12.8 Å². The fourth-order valence-electron chi connectivity index (χ4n) is 6.83. The van der Waals surface area contributed by atoms with Gasteiger partial charge in [0.2, 0.25) is 0 Å². The van der Waals surface area contributed by atoms with E-state index in [1.165, 1.54) is 27.8 Å². The maximum absolute atomic E-state index is 2.31. The first kappa shape index (κ1) is 34.2. The van der Waals surface area contributed by atoms with Gasteiger partial charge in [-0.05, 0) is 119 Å². The summed E-state index contributed by atoms with van der Waals surface area (Å²) >= 11 is 0. The van der Waals surface area contributed by atoms with Crippen LogP contribution in [0.3, 0.4) is 0 Å². The summed E-state index contributed by atoms with van der Waals surface area (Å²) in [5, 5.41) is 0. The van der Waals surface area contributed by atoms with Crippen LogP contribution in [0.15, 0.2) is 218 Å². The van der Waals surface area contributed by atoms with E-state index in [9.17, 15) is 0 Å². The summed E-state index contributed by atoms with van der Waals surface area (Å²) in [7, 11) is 0. The van der Waals surface area contributed by atoms with Gasteiger partial charge in [0.25, 0.3) is 0 Å². The van der Waals surface area contributed by atoms with E-state index in [-0.39, 0.29) is 0 Å². The van der Waals surface area contributed by atoms with Crippen molar-refractivity contribution in [1.29, 1.82) is 0 Å². The molecule has 2 heteroatoms. The van der Waals surface area contributed by atoms with Gasteiger partial charge in [0.15, 0.2) is 0 Å². The molecule has 0 radical (unpaired) electrons. The van der Waals surface area contributed by atoms with Crippen LogP contribution in [0.25, 0.3) is 29.4 Å². The Kier molecular flexibility index (Phi) is 10.5. The van der Waals surface area contributed by atoms with Crippen molar-refractivity contribution in [2.75, 3.05) is 9.80 Å². The number of nitrogens with zero attached hydrogens (tertiary/aromatic N) is 2. The molecule has 0 saturated carbocycles. The Labute approximate surface area is 319 Å². The molecule has 0 amide bonds. The van der Waals surface area contributed by atoms with Crippen molar-refractivity contribution in [2.24, 2.45) is 0 Å². The van der Waals surface area contributed by atoms with E-state index in [0.29, 0.717) is 0 Å². The fourth-order valence-corrected chi connectivity index (χ4v) is 6.83. The van der Waals surface area contributed by atoms with Crippen LogP contribution < -0.4 is 9.80 Å². The molecule has 0 spiro atoms. The smallest absolute Gasteiger partial charge is 0.0462 e. The molecule has 0 unspecified atom stereocenters. The maximum Gasteiger partial charge on any atom is 0.0462 e. The van der Waals surface area contributed by atoms with Crippen molar-refractivity contribution in [3.63, 3.8) is 0 Å². The molecule has 54 heavy (non-hydrogen) atoms. The van der Waals surface area contributed by atoms with E-state index in [2.05, 4.69) is 234 Å². The van der Waals surface area contributed by atoms with Gasteiger partial charge in [-0.1, -0.05) is 158 Å². The summed E-state index contributed by atoms with van der Waals surface area (Å²) in [4.78, 5) is 4.62. The minimum atomic E-state index is 1.11. The van der Waals surface area contributed by atoms with Gasteiger partial charge in [0, 0.05) is 34.1 Å². The molecular formula is C52H42N2.